The van der Waals surface area contributed by atoms with E-state index in [4.69, 9.17) is 4.74 Å². The SMILES string of the molecule is COCCCNC1(C(=O)O)CCCC(C)C1. The van der Waals surface area contributed by atoms with Gasteiger partial charge in [-0.2, -0.15) is 0 Å². The second-order valence-corrected chi connectivity index (χ2v) is 4.86. The van der Waals surface area contributed by atoms with Crippen LogP contribution < -0.4 is 5.32 Å². The first-order valence-electron chi connectivity index (χ1n) is 6.08. The standard InChI is InChI=1S/C12H23NO3/c1-10-5-3-6-12(9-10,11(14)15)13-7-4-8-16-2/h10,13H,3-9H2,1-2H3,(H,14,15). The molecule has 0 aromatic carbocycles. The van der Waals surface area contributed by atoms with Crippen molar-refractivity contribution in [1.29, 1.82) is 0 Å². The monoisotopic (exact) mass is 229 g/mol. The van der Waals surface area contributed by atoms with Gasteiger partial charge in [0, 0.05) is 13.7 Å². The van der Waals surface area contributed by atoms with Crippen molar-refractivity contribution in [2.75, 3.05) is 20.3 Å². The van der Waals surface area contributed by atoms with E-state index >= 15 is 0 Å². The van der Waals surface area contributed by atoms with Gasteiger partial charge < -0.3 is 15.2 Å². The Bertz CT molecular complexity index is 232. The van der Waals surface area contributed by atoms with E-state index in [0.717, 1.165) is 32.1 Å². The van der Waals surface area contributed by atoms with Gasteiger partial charge in [-0.15, -0.1) is 0 Å². The highest BCUT2D eigenvalue weighted by atomic mass is 16.5. The highest BCUT2D eigenvalue weighted by Gasteiger charge is 2.41. The van der Waals surface area contributed by atoms with Crippen LogP contribution in [0, 0.1) is 5.92 Å². The lowest BCUT2D eigenvalue weighted by atomic mass is 9.76. The lowest BCUT2D eigenvalue weighted by molar-refractivity contribution is -0.147. The van der Waals surface area contributed by atoms with E-state index in [1.165, 1.54) is 0 Å². The number of carboxylic acids is 1. The molecule has 0 radical (unpaired) electrons. The quantitative estimate of drug-likeness (QED) is 0.680. The third-order valence-electron chi connectivity index (χ3n) is 3.40. The van der Waals surface area contributed by atoms with Crippen molar-refractivity contribution in [3.05, 3.63) is 0 Å². The molecule has 16 heavy (non-hydrogen) atoms. The summed E-state index contributed by atoms with van der Waals surface area (Å²) in [6.07, 6.45) is 4.51. The average molecular weight is 229 g/mol. The zero-order valence-electron chi connectivity index (χ0n) is 10.3. The summed E-state index contributed by atoms with van der Waals surface area (Å²) >= 11 is 0. The molecular formula is C12H23NO3. The molecule has 4 heteroatoms. The molecule has 0 aliphatic heterocycles. The van der Waals surface area contributed by atoms with Gasteiger partial charge in [0.1, 0.15) is 5.54 Å². The fourth-order valence-corrected chi connectivity index (χ4v) is 2.53. The molecule has 1 aliphatic carbocycles. The first kappa shape index (κ1) is 13.5. The fraction of sp³-hybridized carbons (Fsp3) is 0.917. The number of hydrogen-bond donors (Lipinski definition) is 2. The summed E-state index contributed by atoms with van der Waals surface area (Å²) in [4.78, 5) is 11.4. The number of aliphatic carboxylic acids is 1. The van der Waals surface area contributed by atoms with Gasteiger partial charge in [-0.05, 0) is 31.7 Å². The molecule has 0 heterocycles. The van der Waals surface area contributed by atoms with Crippen molar-refractivity contribution >= 4 is 5.97 Å². The maximum absolute atomic E-state index is 11.4. The van der Waals surface area contributed by atoms with Crippen LogP contribution in [0.5, 0.6) is 0 Å². The third kappa shape index (κ3) is 3.46. The van der Waals surface area contributed by atoms with Crippen LogP contribution >= 0.6 is 0 Å². The highest BCUT2D eigenvalue weighted by Crippen LogP contribution is 2.32. The molecule has 0 saturated heterocycles. The molecule has 1 rings (SSSR count). The molecule has 0 bridgehead atoms. The summed E-state index contributed by atoms with van der Waals surface area (Å²) < 4.78 is 4.96. The molecule has 0 aromatic rings. The molecule has 94 valence electrons. The molecule has 2 N–H and O–H groups in total. The zero-order chi connectivity index (χ0) is 12.0. The minimum Gasteiger partial charge on any atom is -0.480 e. The lowest BCUT2D eigenvalue weighted by Crippen LogP contribution is -2.55. The van der Waals surface area contributed by atoms with E-state index in [-0.39, 0.29) is 0 Å². The van der Waals surface area contributed by atoms with Crippen LogP contribution in [0.4, 0.5) is 0 Å². The van der Waals surface area contributed by atoms with Crippen molar-refractivity contribution in [3.63, 3.8) is 0 Å². The normalized spacial score (nSPS) is 30.2. The Hall–Kier alpha value is -0.610. The highest BCUT2D eigenvalue weighted by molar-refractivity contribution is 5.79. The summed E-state index contributed by atoms with van der Waals surface area (Å²) in [5, 5.41) is 12.6. The van der Waals surface area contributed by atoms with Gasteiger partial charge in [0.25, 0.3) is 0 Å². The Balaban J connectivity index is 2.48. The summed E-state index contributed by atoms with van der Waals surface area (Å²) in [7, 11) is 1.66. The van der Waals surface area contributed by atoms with Gasteiger partial charge >= 0.3 is 5.97 Å². The summed E-state index contributed by atoms with van der Waals surface area (Å²) in [6, 6.07) is 0. The average Bonchev–Trinajstić information content (AvgIpc) is 2.24. The van der Waals surface area contributed by atoms with E-state index in [9.17, 15) is 9.90 Å². The second kappa shape index (κ2) is 6.21. The predicted octanol–water partition coefficient (Wildman–Crippen LogP) is 1.65. The Morgan fingerprint density at radius 1 is 1.62 bits per heavy atom. The fourth-order valence-electron chi connectivity index (χ4n) is 2.53. The van der Waals surface area contributed by atoms with Gasteiger partial charge in [0.05, 0.1) is 0 Å². The number of carbonyl (C=O) groups is 1. The van der Waals surface area contributed by atoms with Crippen molar-refractivity contribution in [1.82, 2.24) is 5.32 Å². The molecule has 0 spiro atoms. The van der Waals surface area contributed by atoms with Gasteiger partial charge in [-0.1, -0.05) is 19.8 Å². The van der Waals surface area contributed by atoms with E-state index in [1.54, 1.807) is 7.11 Å². The molecule has 4 nitrogen and oxygen atoms in total. The van der Waals surface area contributed by atoms with Crippen LogP contribution in [0.25, 0.3) is 0 Å². The second-order valence-electron chi connectivity index (χ2n) is 4.86. The van der Waals surface area contributed by atoms with Crippen LogP contribution in [0.1, 0.15) is 39.0 Å². The van der Waals surface area contributed by atoms with Crippen molar-refractivity contribution in [2.24, 2.45) is 5.92 Å². The maximum Gasteiger partial charge on any atom is 0.323 e. The Morgan fingerprint density at radius 2 is 2.38 bits per heavy atom. The van der Waals surface area contributed by atoms with Crippen LogP contribution in [0.15, 0.2) is 0 Å². The molecule has 0 amide bonds. The van der Waals surface area contributed by atoms with Crippen molar-refractivity contribution in [2.45, 2.75) is 44.6 Å². The molecular weight excluding hydrogens is 206 g/mol. The number of methoxy groups -OCH3 is 1. The number of rotatable bonds is 6. The van der Waals surface area contributed by atoms with Gasteiger partial charge in [-0.3, -0.25) is 4.79 Å². The zero-order valence-corrected chi connectivity index (χ0v) is 10.3. The Labute approximate surface area is 97.4 Å². The number of nitrogens with one attached hydrogen (secondary N) is 1. The topological polar surface area (TPSA) is 58.6 Å². The molecule has 2 unspecified atom stereocenters. The number of ether oxygens (including phenoxy) is 1. The van der Waals surface area contributed by atoms with E-state index in [0.29, 0.717) is 19.1 Å². The Morgan fingerprint density at radius 3 is 2.94 bits per heavy atom. The van der Waals surface area contributed by atoms with E-state index in [1.807, 2.05) is 0 Å². The largest absolute Gasteiger partial charge is 0.480 e. The summed E-state index contributed by atoms with van der Waals surface area (Å²) in [6.45, 7) is 3.53. The van der Waals surface area contributed by atoms with Gasteiger partial charge in [0.15, 0.2) is 0 Å². The number of hydrogen-bond acceptors (Lipinski definition) is 3. The molecule has 1 saturated carbocycles. The maximum atomic E-state index is 11.4. The minimum atomic E-state index is -0.698. The first-order chi connectivity index (χ1) is 7.60. The minimum absolute atomic E-state index is 0.500. The smallest absolute Gasteiger partial charge is 0.323 e. The molecule has 1 aliphatic rings. The number of carboxylic acid groups (broad SMARTS) is 1. The predicted molar refractivity (Wildman–Crippen MR) is 62.5 cm³/mol. The van der Waals surface area contributed by atoms with Crippen LogP contribution in [0.2, 0.25) is 0 Å². The van der Waals surface area contributed by atoms with Crippen LogP contribution in [-0.2, 0) is 9.53 Å². The molecule has 2 atom stereocenters. The van der Waals surface area contributed by atoms with Crippen LogP contribution in [-0.4, -0.2) is 36.9 Å². The van der Waals surface area contributed by atoms with Gasteiger partial charge in [0.2, 0.25) is 0 Å². The lowest BCUT2D eigenvalue weighted by Gasteiger charge is -2.37. The Kier molecular flexibility index (Phi) is 5.22. The summed E-state index contributed by atoms with van der Waals surface area (Å²) in [5.41, 5.74) is -0.689. The van der Waals surface area contributed by atoms with Gasteiger partial charge in [-0.25, -0.2) is 0 Å². The van der Waals surface area contributed by atoms with Crippen LogP contribution in [0.3, 0.4) is 0 Å². The van der Waals surface area contributed by atoms with Crippen molar-refractivity contribution < 1.29 is 14.6 Å². The third-order valence-corrected chi connectivity index (χ3v) is 3.40. The van der Waals surface area contributed by atoms with Crippen molar-refractivity contribution in [3.8, 4) is 0 Å². The van der Waals surface area contributed by atoms with E-state index < -0.39 is 11.5 Å². The first-order valence-corrected chi connectivity index (χ1v) is 6.08. The summed E-state index contributed by atoms with van der Waals surface area (Å²) in [5.74, 6) is -0.198. The van der Waals surface area contributed by atoms with E-state index in [2.05, 4.69) is 12.2 Å². The molecule has 0 aromatic heterocycles. The molecule has 1 fully saturated rings.